The van der Waals surface area contributed by atoms with Gasteiger partial charge in [-0.2, -0.15) is 0 Å². The minimum absolute atomic E-state index is 0.132. The van der Waals surface area contributed by atoms with Crippen molar-refractivity contribution >= 4 is 5.78 Å². The van der Waals surface area contributed by atoms with Gasteiger partial charge < -0.3 is 10.2 Å². The first-order valence-electron chi connectivity index (χ1n) is 5.63. The molecule has 2 bridgehead atoms. The molecule has 0 aromatic rings. The van der Waals surface area contributed by atoms with Crippen LogP contribution in [0.1, 0.15) is 0 Å². The molecule has 10 atom stereocenters. The van der Waals surface area contributed by atoms with E-state index in [4.69, 9.17) is 0 Å². The Kier molecular flexibility index (Phi) is 0.792. The maximum Gasteiger partial charge on any atom is 0.140 e. The third kappa shape index (κ3) is 0.366. The number of carbonyl (C=O) groups is 1. The minimum atomic E-state index is -0.268. The first-order valence-corrected chi connectivity index (χ1v) is 5.63. The van der Waals surface area contributed by atoms with E-state index < -0.39 is 0 Å². The molecule has 0 aliphatic heterocycles. The van der Waals surface area contributed by atoms with E-state index in [0.717, 1.165) is 0 Å². The quantitative estimate of drug-likeness (QED) is 0.532. The fourth-order valence-electron chi connectivity index (χ4n) is 6.12. The molecule has 74 valence electrons. The summed E-state index contributed by atoms with van der Waals surface area (Å²) < 4.78 is 0. The van der Waals surface area contributed by atoms with Crippen LogP contribution in [-0.4, -0.2) is 28.2 Å². The van der Waals surface area contributed by atoms with Crippen LogP contribution in [0, 0.1) is 47.3 Å². The van der Waals surface area contributed by atoms with Crippen LogP contribution >= 0.6 is 0 Å². The number of hydrogen-bond donors (Lipinski definition) is 2. The molecule has 14 heavy (non-hydrogen) atoms. The Morgan fingerprint density at radius 1 is 0.714 bits per heavy atom. The number of aliphatic hydroxyl groups is 2. The second-order valence-electron chi connectivity index (χ2n) is 5.90. The Balaban J connectivity index is 1.85. The van der Waals surface area contributed by atoms with Crippen LogP contribution in [-0.2, 0) is 4.79 Å². The molecule has 5 fully saturated rings. The number of Topliss-reactive ketones (excluding diaryl/α,β-unsaturated/α-hetero) is 1. The molecule has 0 spiro atoms. The van der Waals surface area contributed by atoms with Crippen LogP contribution in [0.25, 0.3) is 0 Å². The summed E-state index contributed by atoms with van der Waals surface area (Å²) in [6, 6.07) is 0. The molecule has 0 saturated heterocycles. The van der Waals surface area contributed by atoms with Gasteiger partial charge >= 0.3 is 0 Å². The van der Waals surface area contributed by atoms with E-state index >= 15 is 0 Å². The first kappa shape index (κ1) is 6.96. The van der Waals surface area contributed by atoms with Crippen molar-refractivity contribution in [2.75, 3.05) is 0 Å². The number of hydrogen-bond acceptors (Lipinski definition) is 3. The van der Waals surface area contributed by atoms with Gasteiger partial charge in [-0.25, -0.2) is 0 Å². The summed E-state index contributed by atoms with van der Waals surface area (Å²) in [5.41, 5.74) is 0. The third-order valence-corrected chi connectivity index (χ3v) is 6.12. The molecule has 5 rings (SSSR count). The van der Waals surface area contributed by atoms with Gasteiger partial charge in [-0.15, -0.1) is 0 Å². The summed E-state index contributed by atoms with van der Waals surface area (Å²) in [7, 11) is 0. The highest BCUT2D eigenvalue weighted by Gasteiger charge is 2.86. The highest BCUT2D eigenvalue weighted by molar-refractivity contribution is 5.92. The standard InChI is InChI=1S/C11H12O3/c12-9-5-1-2-4-3(1)10(13)7(5)8(6(2)9)11(4)14/h1-8,10-11,13-14H/t1?,2?,3?,4?,5?,6?,7?,8?,10-,11+. The van der Waals surface area contributed by atoms with Gasteiger partial charge in [-0.1, -0.05) is 0 Å². The molecule has 5 saturated carbocycles. The molecular weight excluding hydrogens is 180 g/mol. The van der Waals surface area contributed by atoms with Crippen molar-refractivity contribution in [1.82, 2.24) is 0 Å². The van der Waals surface area contributed by atoms with E-state index in [2.05, 4.69) is 0 Å². The average molecular weight is 192 g/mol. The Morgan fingerprint density at radius 2 is 1.14 bits per heavy atom. The maximum absolute atomic E-state index is 12.0. The van der Waals surface area contributed by atoms with Gasteiger partial charge in [-0.05, 0) is 23.7 Å². The molecule has 5 aliphatic carbocycles. The summed E-state index contributed by atoms with van der Waals surface area (Å²) in [6.45, 7) is 0. The van der Waals surface area contributed by atoms with Crippen molar-refractivity contribution in [2.45, 2.75) is 12.2 Å². The largest absolute Gasteiger partial charge is 0.392 e. The maximum atomic E-state index is 12.0. The zero-order valence-corrected chi connectivity index (χ0v) is 7.58. The van der Waals surface area contributed by atoms with Gasteiger partial charge in [0, 0.05) is 23.7 Å². The molecule has 3 heteroatoms. The lowest BCUT2D eigenvalue weighted by Crippen LogP contribution is -2.51. The summed E-state index contributed by atoms with van der Waals surface area (Å²) in [5.74, 6) is 2.41. The lowest BCUT2D eigenvalue weighted by atomic mass is 9.58. The molecule has 0 heterocycles. The fraction of sp³-hybridized carbons (Fsp3) is 0.909. The van der Waals surface area contributed by atoms with Crippen molar-refractivity contribution < 1.29 is 15.0 Å². The van der Waals surface area contributed by atoms with E-state index in [1.165, 1.54) is 0 Å². The zero-order valence-electron chi connectivity index (χ0n) is 7.58. The van der Waals surface area contributed by atoms with Crippen LogP contribution in [0.4, 0.5) is 0 Å². The second-order valence-corrected chi connectivity index (χ2v) is 5.90. The van der Waals surface area contributed by atoms with E-state index in [1.807, 2.05) is 0 Å². The van der Waals surface area contributed by atoms with Crippen LogP contribution in [0.3, 0.4) is 0 Å². The highest BCUT2D eigenvalue weighted by atomic mass is 16.3. The second kappa shape index (κ2) is 1.59. The zero-order chi connectivity index (χ0) is 9.35. The smallest absolute Gasteiger partial charge is 0.140 e. The van der Waals surface area contributed by atoms with Crippen molar-refractivity contribution in [2.24, 2.45) is 47.3 Å². The molecule has 0 aromatic carbocycles. The van der Waals surface area contributed by atoms with Gasteiger partial charge in [-0.3, -0.25) is 4.79 Å². The summed E-state index contributed by atoms with van der Waals surface area (Å²) in [4.78, 5) is 12.0. The summed E-state index contributed by atoms with van der Waals surface area (Å²) in [5, 5.41) is 20.2. The highest BCUT2D eigenvalue weighted by Crippen LogP contribution is 2.81. The van der Waals surface area contributed by atoms with Crippen molar-refractivity contribution in [1.29, 1.82) is 0 Å². The molecule has 2 N–H and O–H groups in total. The van der Waals surface area contributed by atoms with E-state index in [-0.39, 0.29) is 47.7 Å². The van der Waals surface area contributed by atoms with Crippen LogP contribution < -0.4 is 0 Å². The predicted molar refractivity (Wildman–Crippen MR) is 44.9 cm³/mol. The average Bonchev–Trinajstić information content (AvgIpc) is 2.57. The summed E-state index contributed by atoms with van der Waals surface area (Å²) >= 11 is 0. The van der Waals surface area contributed by atoms with Crippen molar-refractivity contribution in [3.8, 4) is 0 Å². The monoisotopic (exact) mass is 192 g/mol. The molecule has 0 aromatic heterocycles. The van der Waals surface area contributed by atoms with Crippen LogP contribution in [0.2, 0.25) is 0 Å². The fourth-order valence-corrected chi connectivity index (χ4v) is 6.12. The number of aliphatic hydroxyl groups excluding tert-OH is 2. The molecule has 0 radical (unpaired) electrons. The Hall–Kier alpha value is -0.410. The van der Waals surface area contributed by atoms with Crippen molar-refractivity contribution in [3.63, 3.8) is 0 Å². The number of carbonyl (C=O) groups excluding carboxylic acids is 1. The topological polar surface area (TPSA) is 57.5 Å². The predicted octanol–water partition coefficient (Wildman–Crippen LogP) is -0.725. The Morgan fingerprint density at radius 3 is 1.57 bits per heavy atom. The van der Waals surface area contributed by atoms with Gasteiger partial charge in [0.15, 0.2) is 0 Å². The SMILES string of the molecule is O=C1C2C3C4C1C1C2[C@@H](O)C3C4[C@H]1O. The number of fused-ring (bicyclic) bond motifs is 2. The van der Waals surface area contributed by atoms with E-state index in [0.29, 0.717) is 17.6 Å². The Labute approximate surface area is 81.1 Å². The lowest BCUT2D eigenvalue weighted by molar-refractivity contribution is -0.122. The first-order chi connectivity index (χ1) is 6.73. The van der Waals surface area contributed by atoms with Gasteiger partial charge in [0.1, 0.15) is 5.78 Å². The van der Waals surface area contributed by atoms with Crippen LogP contribution in [0.15, 0.2) is 0 Å². The van der Waals surface area contributed by atoms with E-state index in [9.17, 15) is 15.0 Å². The van der Waals surface area contributed by atoms with Crippen LogP contribution in [0.5, 0.6) is 0 Å². The van der Waals surface area contributed by atoms with E-state index in [1.54, 1.807) is 0 Å². The molecule has 5 aliphatic rings. The lowest BCUT2D eigenvalue weighted by Gasteiger charge is -2.47. The molecular formula is C11H12O3. The normalized spacial score (nSPS) is 80.3. The third-order valence-electron chi connectivity index (χ3n) is 6.12. The Bertz CT molecular complexity index is 345. The van der Waals surface area contributed by atoms with Crippen molar-refractivity contribution in [3.05, 3.63) is 0 Å². The minimum Gasteiger partial charge on any atom is -0.392 e. The number of rotatable bonds is 0. The van der Waals surface area contributed by atoms with Gasteiger partial charge in [0.2, 0.25) is 0 Å². The summed E-state index contributed by atoms with van der Waals surface area (Å²) in [6.07, 6.45) is -0.535. The molecule has 3 nitrogen and oxygen atoms in total. The van der Waals surface area contributed by atoms with Gasteiger partial charge in [0.05, 0.1) is 12.2 Å². The molecule has 8 unspecified atom stereocenters. The number of ketones is 1. The van der Waals surface area contributed by atoms with Gasteiger partial charge in [0.25, 0.3) is 0 Å². The molecule has 0 amide bonds.